The molecular formula is C26H31N3O. The highest BCUT2D eigenvalue weighted by molar-refractivity contribution is 5.95. The van der Waals surface area contributed by atoms with Gasteiger partial charge in [0.15, 0.2) is 0 Å². The van der Waals surface area contributed by atoms with Crippen LogP contribution in [0.4, 0.5) is 5.69 Å². The highest BCUT2D eigenvalue weighted by Gasteiger charge is 2.53. The Balaban J connectivity index is 1.35. The highest BCUT2D eigenvalue weighted by Crippen LogP contribution is 2.63. The Morgan fingerprint density at radius 2 is 1.73 bits per heavy atom. The summed E-state index contributed by atoms with van der Waals surface area (Å²) in [4.78, 5) is 17.5. The van der Waals surface area contributed by atoms with Gasteiger partial charge in [-0.1, -0.05) is 30.3 Å². The third kappa shape index (κ3) is 2.88. The molecule has 0 aromatic heterocycles. The number of carbonyl (C=O) groups is 1. The van der Waals surface area contributed by atoms with Crippen LogP contribution >= 0.6 is 0 Å². The van der Waals surface area contributed by atoms with Crippen molar-refractivity contribution >= 4 is 11.6 Å². The molecule has 2 aromatic carbocycles. The lowest BCUT2D eigenvalue weighted by atomic mass is 9.68. The van der Waals surface area contributed by atoms with Gasteiger partial charge in [0.1, 0.15) is 0 Å². The van der Waals surface area contributed by atoms with Crippen molar-refractivity contribution in [3.63, 3.8) is 0 Å². The Labute approximate surface area is 179 Å². The average Bonchev–Trinajstić information content (AvgIpc) is 3.42. The van der Waals surface area contributed by atoms with Gasteiger partial charge in [-0.05, 0) is 79.3 Å². The second-order valence-corrected chi connectivity index (χ2v) is 9.87. The number of amides is 1. The molecule has 4 aliphatic rings. The molecule has 4 nitrogen and oxygen atoms in total. The lowest BCUT2D eigenvalue weighted by Gasteiger charge is -2.43. The molecule has 156 valence electrons. The van der Waals surface area contributed by atoms with Crippen LogP contribution in [-0.2, 0) is 0 Å². The van der Waals surface area contributed by atoms with Gasteiger partial charge in [0.05, 0.1) is 6.04 Å². The zero-order chi connectivity index (χ0) is 20.2. The molecule has 1 amide bonds. The molecule has 6 rings (SSSR count). The second kappa shape index (κ2) is 7.12. The minimum atomic E-state index is 0.204. The van der Waals surface area contributed by atoms with E-state index in [1.807, 2.05) is 11.0 Å². The average molecular weight is 402 g/mol. The summed E-state index contributed by atoms with van der Waals surface area (Å²) in [7, 11) is 2.13. The van der Waals surface area contributed by atoms with E-state index in [0.29, 0.717) is 17.9 Å². The minimum Gasteiger partial charge on any atom is -0.378 e. The lowest BCUT2D eigenvalue weighted by Crippen LogP contribution is -2.47. The fraction of sp³-hybridized carbons (Fsp3) is 0.500. The molecule has 5 atom stereocenters. The summed E-state index contributed by atoms with van der Waals surface area (Å²) >= 11 is 0. The predicted octanol–water partition coefficient (Wildman–Crippen LogP) is 4.37. The van der Waals surface area contributed by atoms with E-state index in [1.165, 1.54) is 36.1 Å². The molecule has 2 saturated carbocycles. The van der Waals surface area contributed by atoms with Crippen LogP contribution in [0, 0.1) is 17.8 Å². The van der Waals surface area contributed by atoms with E-state index in [1.54, 1.807) is 0 Å². The Hall–Kier alpha value is -2.33. The van der Waals surface area contributed by atoms with Crippen LogP contribution in [0.25, 0.3) is 0 Å². The van der Waals surface area contributed by atoms with Crippen LogP contribution in [-0.4, -0.2) is 48.9 Å². The Morgan fingerprint density at radius 1 is 0.967 bits per heavy atom. The molecule has 0 spiro atoms. The number of carbonyl (C=O) groups excluding carboxylic acids is 1. The molecule has 30 heavy (non-hydrogen) atoms. The molecule has 2 aliphatic heterocycles. The number of nitrogens with zero attached hydrogens (tertiary/aromatic N) is 2. The topological polar surface area (TPSA) is 35.6 Å². The SMILES string of the molecule is CN1CCN(C(=O)c2ccc3c(c2)[C@@H]2[C@H]4CC[C@@H](C4)[C@H]2[C@@H](c2ccccc2)N3)CC1. The summed E-state index contributed by atoms with van der Waals surface area (Å²) in [5.74, 6) is 3.03. The molecule has 1 N–H and O–H groups in total. The smallest absolute Gasteiger partial charge is 0.253 e. The fourth-order valence-electron chi connectivity index (χ4n) is 6.80. The van der Waals surface area contributed by atoms with Crippen molar-refractivity contribution in [1.29, 1.82) is 0 Å². The maximum Gasteiger partial charge on any atom is 0.253 e. The number of likely N-dealkylation sites (N-methyl/N-ethyl adjacent to an activating group) is 1. The maximum absolute atomic E-state index is 13.2. The summed E-state index contributed by atoms with van der Waals surface area (Å²) in [5, 5.41) is 3.89. The highest BCUT2D eigenvalue weighted by atomic mass is 16.2. The van der Waals surface area contributed by atoms with Crippen molar-refractivity contribution in [3.8, 4) is 0 Å². The van der Waals surface area contributed by atoms with Crippen LogP contribution < -0.4 is 5.32 Å². The maximum atomic E-state index is 13.2. The van der Waals surface area contributed by atoms with Crippen molar-refractivity contribution in [2.75, 3.05) is 38.5 Å². The third-order valence-electron chi connectivity index (χ3n) is 8.28. The number of benzene rings is 2. The summed E-state index contributed by atoms with van der Waals surface area (Å²) in [6, 6.07) is 17.8. The first-order chi connectivity index (χ1) is 14.7. The van der Waals surface area contributed by atoms with Crippen LogP contribution in [0.15, 0.2) is 48.5 Å². The molecule has 0 unspecified atom stereocenters. The molecule has 2 bridgehead atoms. The zero-order valence-corrected chi connectivity index (χ0v) is 17.8. The standard InChI is InChI=1S/C26H31N3O/c1-28-11-13-29(14-12-28)26(30)20-9-10-22-21(16-20)23-18-7-8-19(15-18)24(23)25(27-22)17-5-3-2-4-6-17/h2-6,9-10,16,18-19,23-25,27H,7-8,11-15H2,1H3/t18-,19-,23-,24+,25+/m0/s1. The molecule has 1 saturated heterocycles. The zero-order valence-electron chi connectivity index (χ0n) is 17.8. The molecule has 3 fully saturated rings. The van der Waals surface area contributed by atoms with Crippen molar-refractivity contribution in [3.05, 3.63) is 65.2 Å². The minimum absolute atomic E-state index is 0.204. The monoisotopic (exact) mass is 401 g/mol. The third-order valence-corrected chi connectivity index (χ3v) is 8.28. The van der Waals surface area contributed by atoms with E-state index in [-0.39, 0.29) is 5.91 Å². The van der Waals surface area contributed by atoms with Gasteiger partial charge in [-0.3, -0.25) is 4.79 Å². The van der Waals surface area contributed by atoms with Crippen LogP contribution in [0.2, 0.25) is 0 Å². The van der Waals surface area contributed by atoms with Gasteiger partial charge in [-0.2, -0.15) is 0 Å². The van der Waals surface area contributed by atoms with E-state index >= 15 is 0 Å². The fourth-order valence-corrected chi connectivity index (χ4v) is 6.80. The Morgan fingerprint density at radius 3 is 2.53 bits per heavy atom. The summed E-state index contributed by atoms with van der Waals surface area (Å²) < 4.78 is 0. The van der Waals surface area contributed by atoms with Gasteiger partial charge >= 0.3 is 0 Å². The van der Waals surface area contributed by atoms with E-state index in [4.69, 9.17) is 0 Å². The number of rotatable bonds is 2. The Kier molecular flexibility index (Phi) is 4.38. The molecular weight excluding hydrogens is 370 g/mol. The molecule has 2 aromatic rings. The Bertz CT molecular complexity index is 950. The molecule has 4 heteroatoms. The number of hydrogen-bond acceptors (Lipinski definition) is 3. The largest absolute Gasteiger partial charge is 0.378 e. The number of hydrogen-bond donors (Lipinski definition) is 1. The van der Waals surface area contributed by atoms with E-state index in [9.17, 15) is 4.79 Å². The van der Waals surface area contributed by atoms with Gasteiger partial charge in [-0.25, -0.2) is 0 Å². The van der Waals surface area contributed by atoms with Gasteiger partial charge in [0.25, 0.3) is 5.91 Å². The lowest BCUT2D eigenvalue weighted by molar-refractivity contribution is 0.0664. The predicted molar refractivity (Wildman–Crippen MR) is 120 cm³/mol. The summed E-state index contributed by atoms with van der Waals surface area (Å²) in [5.41, 5.74) is 4.93. The normalized spacial score (nSPS) is 32.4. The molecule has 2 aliphatic carbocycles. The van der Waals surface area contributed by atoms with Gasteiger partial charge in [-0.15, -0.1) is 0 Å². The number of fused-ring (bicyclic) bond motifs is 7. The van der Waals surface area contributed by atoms with E-state index in [2.05, 4.69) is 59.7 Å². The molecule has 0 radical (unpaired) electrons. The van der Waals surface area contributed by atoms with Gasteiger partial charge in [0.2, 0.25) is 0 Å². The number of anilines is 1. The van der Waals surface area contributed by atoms with Crippen molar-refractivity contribution in [2.45, 2.75) is 31.2 Å². The first-order valence-corrected chi connectivity index (χ1v) is 11.6. The van der Waals surface area contributed by atoms with Crippen LogP contribution in [0.5, 0.6) is 0 Å². The van der Waals surface area contributed by atoms with Crippen LogP contribution in [0.3, 0.4) is 0 Å². The summed E-state index contributed by atoms with van der Waals surface area (Å²) in [6.07, 6.45) is 4.08. The van der Waals surface area contributed by atoms with Crippen molar-refractivity contribution in [2.24, 2.45) is 17.8 Å². The van der Waals surface area contributed by atoms with Gasteiger partial charge in [0, 0.05) is 37.4 Å². The molecule has 2 heterocycles. The first kappa shape index (κ1) is 18.4. The second-order valence-electron chi connectivity index (χ2n) is 9.87. The van der Waals surface area contributed by atoms with Gasteiger partial charge < -0.3 is 15.1 Å². The van der Waals surface area contributed by atoms with E-state index in [0.717, 1.165) is 43.6 Å². The van der Waals surface area contributed by atoms with Crippen molar-refractivity contribution < 1.29 is 4.79 Å². The number of nitrogens with one attached hydrogen (secondary N) is 1. The van der Waals surface area contributed by atoms with Crippen molar-refractivity contribution in [1.82, 2.24) is 9.80 Å². The van der Waals surface area contributed by atoms with Crippen LogP contribution in [0.1, 0.15) is 52.7 Å². The number of piperazine rings is 1. The first-order valence-electron chi connectivity index (χ1n) is 11.6. The van der Waals surface area contributed by atoms with E-state index < -0.39 is 0 Å². The summed E-state index contributed by atoms with van der Waals surface area (Å²) in [6.45, 7) is 3.59. The quantitative estimate of drug-likeness (QED) is 0.812.